The molecule has 0 spiro atoms. The van der Waals surface area contributed by atoms with Crippen LogP contribution in [0, 0.1) is 0 Å². The van der Waals surface area contributed by atoms with Gasteiger partial charge in [-0.1, -0.05) is 0 Å². The van der Waals surface area contributed by atoms with Gasteiger partial charge in [0.2, 0.25) is 0 Å². The molecule has 68 valence electrons. The van der Waals surface area contributed by atoms with Crippen LogP contribution in [0.3, 0.4) is 0 Å². The third-order valence-electron chi connectivity index (χ3n) is 1.67. The quantitative estimate of drug-likeness (QED) is 0.703. The van der Waals surface area contributed by atoms with Crippen LogP contribution in [0.25, 0.3) is 0 Å². The van der Waals surface area contributed by atoms with Crippen molar-refractivity contribution in [1.29, 1.82) is 0 Å². The summed E-state index contributed by atoms with van der Waals surface area (Å²) in [6.45, 7) is 1.50. The van der Waals surface area contributed by atoms with Crippen molar-refractivity contribution in [2.45, 2.75) is 13.1 Å². The van der Waals surface area contributed by atoms with Crippen LogP contribution in [0.5, 0.6) is 0 Å². The van der Waals surface area contributed by atoms with Gasteiger partial charge in [-0.25, -0.2) is 4.98 Å². The molecular weight excluding hydrogens is 168 g/mol. The van der Waals surface area contributed by atoms with E-state index >= 15 is 0 Å². The van der Waals surface area contributed by atoms with Gasteiger partial charge in [-0.15, -0.1) is 5.10 Å². The van der Waals surface area contributed by atoms with Crippen molar-refractivity contribution in [3.63, 3.8) is 0 Å². The van der Waals surface area contributed by atoms with E-state index < -0.39 is 0 Å². The third-order valence-corrected chi connectivity index (χ3v) is 1.67. The zero-order valence-corrected chi connectivity index (χ0v) is 7.04. The van der Waals surface area contributed by atoms with Crippen LogP contribution in [0.4, 0.5) is 5.82 Å². The molecule has 0 aliphatic rings. The maximum Gasteiger partial charge on any atom is 0.165 e. The molecule has 2 heterocycles. The molecule has 0 aliphatic carbocycles. The summed E-state index contributed by atoms with van der Waals surface area (Å²) in [6, 6.07) is 0. The highest BCUT2D eigenvalue weighted by molar-refractivity contribution is 5.19. The largest absolute Gasteiger partial charge is 0.381 e. The van der Waals surface area contributed by atoms with Gasteiger partial charge in [-0.3, -0.25) is 0 Å². The summed E-state index contributed by atoms with van der Waals surface area (Å²) in [5, 5.41) is 7.92. The molecule has 0 amide bonds. The van der Waals surface area contributed by atoms with Gasteiger partial charge in [-0.05, 0) is 0 Å². The van der Waals surface area contributed by atoms with Gasteiger partial charge < -0.3 is 10.3 Å². The molecule has 6 nitrogen and oxygen atoms in total. The van der Waals surface area contributed by atoms with E-state index in [9.17, 15) is 0 Å². The van der Waals surface area contributed by atoms with Crippen LogP contribution in [-0.2, 0) is 13.1 Å². The van der Waals surface area contributed by atoms with E-state index in [4.69, 9.17) is 5.73 Å². The minimum absolute atomic E-state index is 0.450. The smallest absolute Gasteiger partial charge is 0.165 e. The Balaban J connectivity index is 1.93. The van der Waals surface area contributed by atoms with E-state index in [0.717, 1.165) is 6.54 Å². The van der Waals surface area contributed by atoms with E-state index in [1.54, 1.807) is 17.3 Å². The lowest BCUT2D eigenvalue weighted by molar-refractivity contribution is 0.482. The second-order valence-electron chi connectivity index (χ2n) is 2.67. The van der Waals surface area contributed by atoms with Crippen LogP contribution in [0.2, 0.25) is 0 Å². The zero-order valence-electron chi connectivity index (χ0n) is 7.04. The van der Waals surface area contributed by atoms with Crippen LogP contribution >= 0.6 is 0 Å². The van der Waals surface area contributed by atoms with Crippen LogP contribution in [-0.4, -0.2) is 24.5 Å². The number of anilines is 1. The first-order valence-corrected chi connectivity index (χ1v) is 3.96. The Hall–Kier alpha value is -1.85. The fraction of sp³-hybridized carbons (Fsp3) is 0.286. The van der Waals surface area contributed by atoms with Crippen molar-refractivity contribution in [1.82, 2.24) is 24.5 Å². The molecule has 2 aromatic heterocycles. The fourth-order valence-corrected chi connectivity index (χ4v) is 1.04. The summed E-state index contributed by atoms with van der Waals surface area (Å²) >= 11 is 0. The fourth-order valence-electron chi connectivity index (χ4n) is 1.04. The SMILES string of the molecule is Nc1cnn(CCn2ccnc2)n1. The molecular formula is C7H10N6. The first-order chi connectivity index (χ1) is 6.34. The number of rotatable bonds is 3. The highest BCUT2D eigenvalue weighted by Crippen LogP contribution is 1.92. The zero-order chi connectivity index (χ0) is 9.10. The van der Waals surface area contributed by atoms with Gasteiger partial charge in [-0.2, -0.15) is 9.90 Å². The predicted octanol–water partition coefficient (Wildman–Crippen LogP) is -0.243. The van der Waals surface area contributed by atoms with Crippen LogP contribution < -0.4 is 5.73 Å². The number of hydrogen-bond acceptors (Lipinski definition) is 4. The van der Waals surface area contributed by atoms with Gasteiger partial charge >= 0.3 is 0 Å². The molecule has 0 aliphatic heterocycles. The Bertz CT molecular complexity index is 362. The van der Waals surface area contributed by atoms with E-state index in [2.05, 4.69) is 15.2 Å². The summed E-state index contributed by atoms with van der Waals surface area (Å²) in [5.41, 5.74) is 5.41. The van der Waals surface area contributed by atoms with E-state index in [0.29, 0.717) is 12.4 Å². The lowest BCUT2D eigenvalue weighted by Gasteiger charge is -1.99. The van der Waals surface area contributed by atoms with E-state index in [1.807, 2.05) is 10.8 Å². The third kappa shape index (κ3) is 1.84. The summed E-state index contributed by atoms with van der Waals surface area (Å²) < 4.78 is 1.96. The highest BCUT2D eigenvalue weighted by Gasteiger charge is 1.95. The first-order valence-electron chi connectivity index (χ1n) is 3.96. The molecule has 2 aromatic rings. The van der Waals surface area contributed by atoms with Crippen molar-refractivity contribution in [3.8, 4) is 0 Å². The van der Waals surface area contributed by atoms with Gasteiger partial charge in [0, 0.05) is 18.9 Å². The molecule has 0 radical (unpaired) electrons. The van der Waals surface area contributed by atoms with Crippen molar-refractivity contribution in [2.75, 3.05) is 5.73 Å². The molecule has 0 unspecified atom stereocenters. The first kappa shape index (κ1) is 7.78. The Morgan fingerprint density at radius 2 is 2.31 bits per heavy atom. The van der Waals surface area contributed by atoms with Crippen LogP contribution in [0.15, 0.2) is 24.9 Å². The average molecular weight is 178 g/mol. The molecule has 13 heavy (non-hydrogen) atoms. The highest BCUT2D eigenvalue weighted by atomic mass is 15.5. The second-order valence-corrected chi connectivity index (χ2v) is 2.67. The minimum atomic E-state index is 0.450. The van der Waals surface area contributed by atoms with E-state index in [-0.39, 0.29) is 0 Å². The molecule has 0 fully saturated rings. The molecule has 0 aromatic carbocycles. The minimum Gasteiger partial charge on any atom is -0.381 e. The molecule has 6 heteroatoms. The second kappa shape index (κ2) is 3.26. The Labute approximate surface area is 75.0 Å². The standard InChI is InChI=1S/C7H10N6/c8-7-5-10-13(11-7)4-3-12-2-1-9-6-12/h1-2,5-6H,3-4H2,(H2,8,11). The monoisotopic (exact) mass is 178 g/mol. The Morgan fingerprint density at radius 3 is 2.92 bits per heavy atom. The number of nitrogens with zero attached hydrogens (tertiary/aromatic N) is 5. The molecule has 0 saturated carbocycles. The number of nitrogen functional groups attached to an aromatic ring is 1. The summed E-state index contributed by atoms with van der Waals surface area (Å²) in [6.07, 6.45) is 6.93. The van der Waals surface area contributed by atoms with E-state index in [1.165, 1.54) is 6.20 Å². The van der Waals surface area contributed by atoms with Crippen molar-refractivity contribution in [2.24, 2.45) is 0 Å². The van der Waals surface area contributed by atoms with Crippen molar-refractivity contribution in [3.05, 3.63) is 24.9 Å². The van der Waals surface area contributed by atoms with Crippen molar-refractivity contribution >= 4 is 5.82 Å². The molecule has 0 atom stereocenters. The Morgan fingerprint density at radius 1 is 1.38 bits per heavy atom. The average Bonchev–Trinajstić information content (AvgIpc) is 2.71. The normalized spacial score (nSPS) is 10.5. The van der Waals surface area contributed by atoms with Gasteiger partial charge in [0.05, 0.1) is 19.1 Å². The van der Waals surface area contributed by atoms with Crippen molar-refractivity contribution < 1.29 is 0 Å². The molecule has 2 rings (SSSR count). The number of imidazole rings is 1. The summed E-state index contributed by atoms with van der Waals surface area (Å²) in [4.78, 5) is 5.49. The van der Waals surface area contributed by atoms with Gasteiger partial charge in [0.1, 0.15) is 0 Å². The van der Waals surface area contributed by atoms with Gasteiger partial charge in [0.15, 0.2) is 5.82 Å². The summed E-state index contributed by atoms with van der Waals surface area (Å²) in [5.74, 6) is 0.450. The molecule has 0 bridgehead atoms. The number of aromatic nitrogens is 5. The number of nitrogens with two attached hydrogens (primary N) is 1. The van der Waals surface area contributed by atoms with Gasteiger partial charge in [0.25, 0.3) is 0 Å². The number of aryl methyl sites for hydroxylation is 2. The Kier molecular flexibility index (Phi) is 1.95. The maximum atomic E-state index is 5.41. The maximum absolute atomic E-state index is 5.41. The topological polar surface area (TPSA) is 74.5 Å². The van der Waals surface area contributed by atoms with Crippen LogP contribution in [0.1, 0.15) is 0 Å². The predicted molar refractivity (Wildman–Crippen MR) is 46.7 cm³/mol. The lowest BCUT2D eigenvalue weighted by Crippen LogP contribution is -2.08. The number of hydrogen-bond donors (Lipinski definition) is 1. The summed E-state index contributed by atoms with van der Waals surface area (Å²) in [7, 11) is 0. The lowest BCUT2D eigenvalue weighted by atomic mass is 10.6. The molecule has 0 saturated heterocycles. The molecule has 2 N–H and O–H groups in total.